The van der Waals surface area contributed by atoms with Gasteiger partial charge in [-0.3, -0.25) is 9.79 Å². The number of hydrogen-bond donors (Lipinski definition) is 1. The zero-order valence-corrected chi connectivity index (χ0v) is 20.4. The van der Waals surface area contributed by atoms with Crippen LogP contribution < -0.4 is 14.8 Å². The number of methoxy groups -OCH3 is 2. The Bertz CT molecular complexity index is 1250. The zero-order chi connectivity index (χ0) is 23.5. The van der Waals surface area contributed by atoms with E-state index in [4.69, 9.17) is 14.5 Å². The summed E-state index contributed by atoms with van der Waals surface area (Å²) in [5.41, 5.74) is 7.12. The summed E-state index contributed by atoms with van der Waals surface area (Å²) in [5.74, 6) is 1.27. The predicted octanol–water partition coefficient (Wildman–Crippen LogP) is 5.90. The summed E-state index contributed by atoms with van der Waals surface area (Å²) in [5, 5.41) is 3.02. The molecule has 0 aliphatic carbocycles. The molecule has 170 valence electrons. The van der Waals surface area contributed by atoms with Crippen LogP contribution in [-0.2, 0) is 6.42 Å². The van der Waals surface area contributed by atoms with Gasteiger partial charge in [-0.25, -0.2) is 0 Å². The van der Waals surface area contributed by atoms with Crippen molar-refractivity contribution in [2.45, 2.75) is 37.0 Å². The smallest absolute Gasteiger partial charge is 0.251 e. The third kappa shape index (κ3) is 4.76. The topological polar surface area (TPSA) is 59.9 Å². The maximum atomic E-state index is 12.8. The first-order valence-corrected chi connectivity index (χ1v) is 11.7. The van der Waals surface area contributed by atoms with Crippen LogP contribution in [0.4, 0.5) is 5.69 Å². The molecule has 0 unspecified atom stereocenters. The van der Waals surface area contributed by atoms with E-state index in [1.54, 1.807) is 26.0 Å². The van der Waals surface area contributed by atoms with E-state index in [-0.39, 0.29) is 5.91 Å². The third-order valence-corrected chi connectivity index (χ3v) is 7.09. The molecule has 1 N–H and O–H groups in total. The van der Waals surface area contributed by atoms with Gasteiger partial charge in [0.1, 0.15) is 0 Å². The SMILES string of the molecule is COc1ccc(CCNC(=O)c2ccc3c(c2)N=C(C)c2c(C)ccc(C)c2S3)cc1OC. The Morgan fingerprint density at radius 3 is 2.45 bits per heavy atom. The average Bonchev–Trinajstić information content (AvgIpc) is 2.97. The molecule has 0 saturated carbocycles. The highest BCUT2D eigenvalue weighted by Crippen LogP contribution is 2.43. The molecule has 0 saturated heterocycles. The lowest BCUT2D eigenvalue weighted by Gasteiger charge is -2.12. The minimum Gasteiger partial charge on any atom is -0.493 e. The van der Waals surface area contributed by atoms with Gasteiger partial charge in [-0.2, -0.15) is 0 Å². The van der Waals surface area contributed by atoms with Crippen molar-refractivity contribution < 1.29 is 14.3 Å². The van der Waals surface area contributed by atoms with Crippen LogP contribution in [0.2, 0.25) is 0 Å². The van der Waals surface area contributed by atoms with Crippen molar-refractivity contribution in [3.05, 3.63) is 76.3 Å². The lowest BCUT2D eigenvalue weighted by Crippen LogP contribution is -2.25. The van der Waals surface area contributed by atoms with Crippen LogP contribution in [0.5, 0.6) is 11.5 Å². The lowest BCUT2D eigenvalue weighted by atomic mass is 10.0. The summed E-state index contributed by atoms with van der Waals surface area (Å²) in [6.45, 7) is 6.80. The number of aryl methyl sites for hydroxylation is 2. The second-order valence-corrected chi connectivity index (χ2v) is 9.13. The highest BCUT2D eigenvalue weighted by Gasteiger charge is 2.20. The number of carbonyl (C=O) groups is 1. The average molecular weight is 461 g/mol. The number of rotatable bonds is 6. The first-order chi connectivity index (χ1) is 15.9. The predicted molar refractivity (Wildman–Crippen MR) is 134 cm³/mol. The van der Waals surface area contributed by atoms with E-state index in [9.17, 15) is 4.79 Å². The monoisotopic (exact) mass is 460 g/mol. The first-order valence-electron chi connectivity index (χ1n) is 10.9. The molecule has 3 aromatic rings. The molecule has 1 heterocycles. The molecule has 3 aromatic carbocycles. The van der Waals surface area contributed by atoms with Crippen molar-refractivity contribution >= 4 is 29.1 Å². The molecule has 1 aliphatic rings. The molecule has 0 fully saturated rings. The van der Waals surface area contributed by atoms with Crippen LogP contribution in [0.3, 0.4) is 0 Å². The van der Waals surface area contributed by atoms with Crippen LogP contribution in [0.1, 0.15) is 39.5 Å². The van der Waals surface area contributed by atoms with E-state index in [2.05, 4.69) is 31.3 Å². The van der Waals surface area contributed by atoms with Gasteiger partial charge in [0.05, 0.1) is 19.9 Å². The third-order valence-electron chi connectivity index (χ3n) is 5.79. The minimum absolute atomic E-state index is 0.106. The van der Waals surface area contributed by atoms with Gasteiger partial charge in [-0.1, -0.05) is 30.0 Å². The Morgan fingerprint density at radius 1 is 0.939 bits per heavy atom. The van der Waals surface area contributed by atoms with Gasteiger partial charge in [0.2, 0.25) is 0 Å². The highest BCUT2D eigenvalue weighted by atomic mass is 32.2. The van der Waals surface area contributed by atoms with Crippen LogP contribution in [0.25, 0.3) is 0 Å². The molecule has 0 spiro atoms. The van der Waals surface area contributed by atoms with Gasteiger partial charge in [0, 0.05) is 33.2 Å². The number of benzene rings is 3. The second-order valence-electron chi connectivity index (χ2n) is 8.08. The van der Waals surface area contributed by atoms with E-state index in [1.165, 1.54) is 21.6 Å². The maximum Gasteiger partial charge on any atom is 0.251 e. The Balaban J connectivity index is 1.49. The molecule has 33 heavy (non-hydrogen) atoms. The summed E-state index contributed by atoms with van der Waals surface area (Å²) < 4.78 is 10.6. The molecule has 5 nitrogen and oxygen atoms in total. The van der Waals surface area contributed by atoms with Gasteiger partial charge in [0.25, 0.3) is 5.91 Å². The summed E-state index contributed by atoms with van der Waals surface area (Å²) in [7, 11) is 3.23. The number of aliphatic imine (C=N–C) groups is 1. The van der Waals surface area contributed by atoms with Crippen molar-refractivity contribution in [1.29, 1.82) is 0 Å². The van der Waals surface area contributed by atoms with Crippen molar-refractivity contribution in [3.63, 3.8) is 0 Å². The van der Waals surface area contributed by atoms with E-state index < -0.39 is 0 Å². The van der Waals surface area contributed by atoms with E-state index in [0.717, 1.165) is 21.9 Å². The Kier molecular flexibility index (Phi) is 6.75. The highest BCUT2D eigenvalue weighted by molar-refractivity contribution is 7.99. The number of hydrogen-bond acceptors (Lipinski definition) is 5. The van der Waals surface area contributed by atoms with Gasteiger partial charge in [-0.05, 0) is 74.2 Å². The number of nitrogens with zero attached hydrogens (tertiary/aromatic N) is 1. The lowest BCUT2D eigenvalue weighted by molar-refractivity contribution is 0.0954. The largest absolute Gasteiger partial charge is 0.493 e. The molecule has 0 radical (unpaired) electrons. The number of ether oxygens (including phenoxy) is 2. The Labute approximate surface area is 199 Å². The molecule has 0 bridgehead atoms. The summed E-state index contributed by atoms with van der Waals surface area (Å²) in [6.07, 6.45) is 0.692. The number of amides is 1. The first kappa shape index (κ1) is 22.9. The Morgan fingerprint density at radius 2 is 1.70 bits per heavy atom. The van der Waals surface area contributed by atoms with Gasteiger partial charge < -0.3 is 14.8 Å². The van der Waals surface area contributed by atoms with Gasteiger partial charge >= 0.3 is 0 Å². The van der Waals surface area contributed by atoms with Crippen LogP contribution >= 0.6 is 11.8 Å². The summed E-state index contributed by atoms with van der Waals surface area (Å²) in [4.78, 5) is 20.0. The number of carbonyl (C=O) groups excluding carboxylic acids is 1. The fourth-order valence-electron chi connectivity index (χ4n) is 4.00. The van der Waals surface area contributed by atoms with Crippen molar-refractivity contribution in [2.75, 3.05) is 20.8 Å². The molecule has 1 aliphatic heterocycles. The van der Waals surface area contributed by atoms with Crippen LogP contribution in [0, 0.1) is 13.8 Å². The van der Waals surface area contributed by atoms with E-state index in [1.807, 2.05) is 43.3 Å². The molecular formula is C27H28N2O3S. The van der Waals surface area contributed by atoms with Gasteiger partial charge in [0.15, 0.2) is 11.5 Å². The van der Waals surface area contributed by atoms with E-state index in [0.29, 0.717) is 30.0 Å². The fraction of sp³-hybridized carbons (Fsp3) is 0.259. The fourth-order valence-corrected chi connectivity index (χ4v) is 5.21. The zero-order valence-electron chi connectivity index (χ0n) is 19.6. The van der Waals surface area contributed by atoms with Crippen molar-refractivity contribution in [2.24, 2.45) is 4.99 Å². The maximum absolute atomic E-state index is 12.8. The summed E-state index contributed by atoms with van der Waals surface area (Å²) in [6, 6.07) is 15.8. The van der Waals surface area contributed by atoms with Gasteiger partial charge in [-0.15, -0.1) is 0 Å². The molecule has 6 heteroatoms. The number of nitrogens with one attached hydrogen (secondary N) is 1. The normalized spacial score (nSPS) is 12.2. The quantitative estimate of drug-likeness (QED) is 0.498. The number of fused-ring (bicyclic) bond motifs is 2. The van der Waals surface area contributed by atoms with Crippen LogP contribution in [-0.4, -0.2) is 32.4 Å². The van der Waals surface area contributed by atoms with Crippen molar-refractivity contribution in [3.8, 4) is 11.5 Å². The molecule has 1 amide bonds. The molecule has 4 rings (SSSR count). The molecule has 0 aromatic heterocycles. The van der Waals surface area contributed by atoms with Crippen molar-refractivity contribution in [1.82, 2.24) is 5.32 Å². The molecule has 0 atom stereocenters. The minimum atomic E-state index is -0.106. The molecular weight excluding hydrogens is 432 g/mol. The standard InChI is InChI=1S/C27H28N2O3S/c1-16-6-7-17(2)26-25(16)18(3)29-21-15-20(9-11-24(21)33-26)27(30)28-13-12-19-8-10-22(31-4)23(14-19)32-5/h6-11,14-15H,12-13H2,1-5H3,(H,28,30). The van der Waals surface area contributed by atoms with Crippen LogP contribution in [0.15, 0.2) is 63.3 Å². The second kappa shape index (κ2) is 9.71. The Hall–Kier alpha value is -3.25. The van der Waals surface area contributed by atoms with E-state index >= 15 is 0 Å². The summed E-state index contributed by atoms with van der Waals surface area (Å²) >= 11 is 1.72.